The molecule has 1 unspecified atom stereocenters. The number of ether oxygens (including phenoxy) is 2. The van der Waals surface area contributed by atoms with Crippen LogP contribution in [0.15, 0.2) is 72.6 Å². The number of fused-ring (bicyclic) bond motifs is 5. The number of aromatic nitrogens is 1. The summed E-state index contributed by atoms with van der Waals surface area (Å²) in [5, 5.41) is 9.27. The van der Waals surface area contributed by atoms with Crippen LogP contribution in [0.2, 0.25) is 0 Å². The molecule has 232 valence electrons. The lowest BCUT2D eigenvalue weighted by molar-refractivity contribution is -0.146. The molecule has 0 bridgehead atoms. The minimum atomic E-state index is -1.13. The topological polar surface area (TPSA) is 106 Å². The lowest BCUT2D eigenvalue weighted by Crippen LogP contribution is -2.50. The number of hydrogen-bond donors (Lipinski definition) is 1. The van der Waals surface area contributed by atoms with Crippen LogP contribution in [0.5, 0.6) is 0 Å². The van der Waals surface area contributed by atoms with E-state index >= 15 is 0 Å². The summed E-state index contributed by atoms with van der Waals surface area (Å²) in [7, 11) is 0. The predicted molar refractivity (Wildman–Crippen MR) is 165 cm³/mol. The zero-order chi connectivity index (χ0) is 30.9. The Bertz CT molecular complexity index is 1460. The molecule has 1 aromatic heterocycles. The van der Waals surface area contributed by atoms with Gasteiger partial charge in [-0.3, -0.25) is 14.6 Å². The molecule has 4 aliphatic carbocycles. The first-order chi connectivity index (χ1) is 21.2. The van der Waals surface area contributed by atoms with Crippen LogP contribution in [0.25, 0.3) is 5.57 Å². The lowest BCUT2D eigenvalue weighted by atomic mass is 9.47. The number of carbonyl (C=O) groups excluding carboxylic acids is 2. The van der Waals surface area contributed by atoms with Crippen molar-refractivity contribution in [1.82, 2.24) is 9.88 Å². The first kappa shape index (κ1) is 30.1. The Labute approximate surface area is 259 Å². The molecule has 1 heterocycles. The molecular weight excluding hydrogens is 556 g/mol. The average molecular weight is 599 g/mol. The van der Waals surface area contributed by atoms with E-state index in [0.717, 1.165) is 36.1 Å². The average Bonchev–Trinajstić information content (AvgIpc) is 3.37. The van der Waals surface area contributed by atoms with E-state index in [1.54, 1.807) is 0 Å². The van der Waals surface area contributed by atoms with Crippen molar-refractivity contribution in [3.8, 4) is 0 Å². The number of allylic oxidation sites excluding steroid dienone is 3. The summed E-state index contributed by atoms with van der Waals surface area (Å²) in [6.45, 7) is 3.95. The monoisotopic (exact) mass is 598 g/mol. The highest BCUT2D eigenvalue weighted by Gasteiger charge is 2.57. The fraction of sp³-hybridized carbons (Fsp3) is 0.500. The van der Waals surface area contributed by atoms with Gasteiger partial charge in [0, 0.05) is 25.4 Å². The Morgan fingerprint density at radius 2 is 1.77 bits per heavy atom. The van der Waals surface area contributed by atoms with Crippen LogP contribution in [-0.2, 0) is 25.6 Å². The number of rotatable bonds is 8. The van der Waals surface area contributed by atoms with Crippen molar-refractivity contribution in [2.24, 2.45) is 28.6 Å². The van der Waals surface area contributed by atoms with Gasteiger partial charge < -0.3 is 19.5 Å². The van der Waals surface area contributed by atoms with E-state index in [1.165, 1.54) is 29.6 Å². The van der Waals surface area contributed by atoms with Crippen molar-refractivity contribution in [3.05, 3.63) is 83.7 Å². The number of benzene rings is 1. The van der Waals surface area contributed by atoms with Crippen LogP contribution in [0.3, 0.4) is 0 Å². The van der Waals surface area contributed by atoms with Gasteiger partial charge in [-0.1, -0.05) is 68.0 Å². The minimum Gasteiger partial charge on any atom is -0.480 e. The second-order valence-electron chi connectivity index (χ2n) is 13.5. The number of aliphatic carboxylic acids is 1. The third-order valence-corrected chi connectivity index (χ3v) is 11.1. The van der Waals surface area contributed by atoms with E-state index in [1.807, 2.05) is 48.8 Å². The molecular formula is C36H42N2O6. The molecule has 1 aromatic carbocycles. The Kier molecular flexibility index (Phi) is 8.36. The molecule has 1 amide bonds. The van der Waals surface area contributed by atoms with E-state index in [9.17, 15) is 19.5 Å². The van der Waals surface area contributed by atoms with Crippen molar-refractivity contribution in [2.75, 3.05) is 13.2 Å². The number of carboxylic acid groups (broad SMARTS) is 1. The van der Waals surface area contributed by atoms with Crippen molar-refractivity contribution < 1.29 is 29.0 Å². The summed E-state index contributed by atoms with van der Waals surface area (Å²) < 4.78 is 10.9. The molecule has 2 fully saturated rings. The molecule has 0 saturated heterocycles. The molecule has 8 nitrogen and oxygen atoms in total. The summed E-state index contributed by atoms with van der Waals surface area (Å²) in [5.41, 5.74) is 5.17. The molecule has 0 radical (unpaired) electrons. The van der Waals surface area contributed by atoms with Crippen molar-refractivity contribution in [2.45, 2.75) is 71.4 Å². The molecule has 4 aliphatic rings. The maximum absolute atomic E-state index is 12.8. The summed E-state index contributed by atoms with van der Waals surface area (Å²) in [4.78, 5) is 42.3. The normalized spacial score (nSPS) is 30.5. The van der Waals surface area contributed by atoms with Gasteiger partial charge in [-0.15, -0.1) is 0 Å². The van der Waals surface area contributed by atoms with E-state index in [0.29, 0.717) is 24.2 Å². The zero-order valence-electron chi connectivity index (χ0n) is 25.6. The number of carbonyl (C=O) groups is 3. The van der Waals surface area contributed by atoms with Crippen molar-refractivity contribution >= 4 is 23.6 Å². The Morgan fingerprint density at radius 1 is 0.977 bits per heavy atom. The molecule has 8 heteroatoms. The fourth-order valence-corrected chi connectivity index (χ4v) is 8.85. The van der Waals surface area contributed by atoms with Gasteiger partial charge >= 0.3 is 12.1 Å². The van der Waals surface area contributed by atoms with Gasteiger partial charge in [0.1, 0.15) is 12.6 Å². The van der Waals surface area contributed by atoms with E-state index in [4.69, 9.17) is 9.47 Å². The molecule has 44 heavy (non-hydrogen) atoms. The van der Waals surface area contributed by atoms with E-state index in [-0.39, 0.29) is 23.5 Å². The highest BCUT2D eigenvalue weighted by atomic mass is 16.7. The largest absolute Gasteiger partial charge is 0.509 e. The molecule has 1 N–H and O–H groups in total. The molecule has 0 aliphatic heterocycles. The highest BCUT2D eigenvalue weighted by molar-refractivity contribution is 5.83. The van der Waals surface area contributed by atoms with E-state index in [2.05, 4.69) is 37.0 Å². The maximum atomic E-state index is 12.8. The third-order valence-electron chi connectivity index (χ3n) is 11.1. The second kappa shape index (κ2) is 12.2. The predicted octanol–water partition coefficient (Wildman–Crippen LogP) is 6.67. The second-order valence-corrected chi connectivity index (χ2v) is 13.5. The number of amides is 1. The number of nitrogens with zero attached hydrogens (tertiary/aromatic N) is 2. The van der Waals surface area contributed by atoms with Gasteiger partial charge in [0.05, 0.1) is 0 Å². The summed E-state index contributed by atoms with van der Waals surface area (Å²) in [5.74, 6) is 0.146. The number of hydrogen-bond acceptors (Lipinski definition) is 6. The first-order valence-corrected chi connectivity index (χ1v) is 15.8. The molecule has 6 atom stereocenters. The summed E-state index contributed by atoms with van der Waals surface area (Å²) >= 11 is 0. The number of pyridine rings is 1. The Balaban J connectivity index is 1.05. The lowest BCUT2D eigenvalue weighted by Gasteiger charge is -2.57. The Hall–Kier alpha value is -3.94. The SMILES string of the molecule is C[C@]12CC[C@H](OC(=O)OCC(=O)N(CC(=O)O)Cc3ccccc3)CC1=CC[C@H]1C3CC=C(c4cccnc4)[C@@]3(C)CC[C@@H]12. The third kappa shape index (κ3) is 5.78. The Morgan fingerprint density at radius 3 is 2.52 bits per heavy atom. The van der Waals surface area contributed by atoms with Crippen molar-refractivity contribution in [1.29, 1.82) is 0 Å². The zero-order valence-corrected chi connectivity index (χ0v) is 25.6. The van der Waals surface area contributed by atoms with Crippen LogP contribution in [-0.4, -0.2) is 52.3 Å². The standard InChI is InChI=1S/C36H42N2O6/c1-35-16-14-27(44-34(42)43-23-32(39)38(22-33(40)41)21-24-7-4-3-5-8-24)19-26(35)10-11-28-30-13-12-29(25-9-6-18-37-20-25)36(30,2)17-15-31(28)35/h3-10,12,18,20,27-28,30-31H,11,13-17,19,21-23H2,1-2H3,(H,40,41)/t27-,28-,30?,31-,35-,36+/m0/s1. The molecule has 2 saturated carbocycles. The number of carboxylic acids is 1. The van der Waals surface area contributed by atoms with Gasteiger partial charge in [-0.25, -0.2) is 4.79 Å². The van der Waals surface area contributed by atoms with Crippen LogP contribution >= 0.6 is 0 Å². The summed E-state index contributed by atoms with van der Waals surface area (Å²) in [6, 6.07) is 13.3. The minimum absolute atomic E-state index is 0.0931. The quantitative estimate of drug-likeness (QED) is 0.267. The maximum Gasteiger partial charge on any atom is 0.509 e. The first-order valence-electron chi connectivity index (χ1n) is 15.8. The van der Waals surface area contributed by atoms with Crippen LogP contribution in [0.1, 0.15) is 69.9 Å². The smallest absolute Gasteiger partial charge is 0.480 e. The van der Waals surface area contributed by atoms with Gasteiger partial charge in [0.15, 0.2) is 6.61 Å². The molecule has 0 spiro atoms. The molecule has 6 rings (SSSR count). The van der Waals surface area contributed by atoms with Crippen LogP contribution in [0.4, 0.5) is 4.79 Å². The summed E-state index contributed by atoms with van der Waals surface area (Å²) in [6.07, 6.45) is 14.5. The fourth-order valence-electron chi connectivity index (χ4n) is 8.85. The highest BCUT2D eigenvalue weighted by Crippen LogP contribution is 2.66. The van der Waals surface area contributed by atoms with Crippen LogP contribution < -0.4 is 0 Å². The van der Waals surface area contributed by atoms with Gasteiger partial charge in [0.2, 0.25) is 0 Å². The van der Waals surface area contributed by atoms with Gasteiger partial charge in [-0.05, 0) is 89.9 Å². The molecule has 2 aromatic rings. The van der Waals surface area contributed by atoms with Gasteiger partial charge in [-0.2, -0.15) is 0 Å². The van der Waals surface area contributed by atoms with Crippen LogP contribution in [0, 0.1) is 28.6 Å². The van der Waals surface area contributed by atoms with Gasteiger partial charge in [0.25, 0.3) is 5.91 Å². The van der Waals surface area contributed by atoms with Crippen molar-refractivity contribution in [3.63, 3.8) is 0 Å². The van der Waals surface area contributed by atoms with E-state index < -0.39 is 31.2 Å².